The highest BCUT2D eigenvalue weighted by molar-refractivity contribution is 5.83. The first-order chi connectivity index (χ1) is 12.5. The number of carbonyl (C=O) groups is 1. The number of anilines is 1. The molecule has 0 N–H and O–H groups in total. The number of rotatable bonds is 8. The minimum atomic E-state index is -0.445. The monoisotopic (exact) mass is 360 g/mol. The molecule has 0 saturated heterocycles. The Morgan fingerprint density at radius 2 is 1.88 bits per heavy atom. The van der Waals surface area contributed by atoms with Crippen molar-refractivity contribution in [1.82, 2.24) is 4.90 Å². The number of hydrogen-bond donors (Lipinski definition) is 0. The molecule has 2 rings (SSSR count). The van der Waals surface area contributed by atoms with Gasteiger partial charge in [0.15, 0.2) is 0 Å². The number of fused-ring (bicyclic) bond motifs is 1. The van der Waals surface area contributed by atoms with Crippen LogP contribution in [0.5, 0.6) is 0 Å². The SMILES string of the molecule is CCCCN(C)C(=O)OCc1cc(=O)oc2cc(N(CC)CC)ccc12. The molecule has 142 valence electrons. The van der Waals surface area contributed by atoms with Gasteiger partial charge in [-0.25, -0.2) is 9.59 Å². The summed E-state index contributed by atoms with van der Waals surface area (Å²) in [5.74, 6) is 0. The molecule has 0 atom stereocenters. The van der Waals surface area contributed by atoms with Crippen molar-refractivity contribution in [3.05, 3.63) is 40.2 Å². The summed E-state index contributed by atoms with van der Waals surface area (Å²) < 4.78 is 10.7. The minimum Gasteiger partial charge on any atom is -0.445 e. The highest BCUT2D eigenvalue weighted by atomic mass is 16.6. The van der Waals surface area contributed by atoms with Crippen LogP contribution in [0, 0.1) is 0 Å². The van der Waals surface area contributed by atoms with Crippen molar-refractivity contribution < 1.29 is 13.9 Å². The van der Waals surface area contributed by atoms with Crippen molar-refractivity contribution in [2.75, 3.05) is 31.6 Å². The van der Waals surface area contributed by atoms with Gasteiger partial charge < -0.3 is 19.0 Å². The van der Waals surface area contributed by atoms with Gasteiger partial charge in [0.05, 0.1) is 0 Å². The quantitative estimate of drug-likeness (QED) is 0.666. The second-order valence-electron chi connectivity index (χ2n) is 6.27. The van der Waals surface area contributed by atoms with Crippen molar-refractivity contribution in [2.45, 2.75) is 40.2 Å². The second kappa shape index (κ2) is 9.27. The maximum atomic E-state index is 12.1. The van der Waals surface area contributed by atoms with Crippen molar-refractivity contribution >= 4 is 22.7 Å². The molecule has 0 spiro atoms. The lowest BCUT2D eigenvalue weighted by molar-refractivity contribution is 0.104. The highest BCUT2D eigenvalue weighted by Gasteiger charge is 2.13. The Balaban J connectivity index is 2.22. The third kappa shape index (κ3) is 4.77. The standard InChI is InChI=1S/C20H28N2O4/c1-5-8-11-21(4)20(24)25-14-15-12-19(23)26-18-13-16(9-10-17(15)18)22(6-2)7-3/h9-10,12-13H,5-8,11,14H2,1-4H3. The molecule has 0 aliphatic heterocycles. The summed E-state index contributed by atoms with van der Waals surface area (Å²) in [6.45, 7) is 8.66. The van der Waals surface area contributed by atoms with E-state index in [1.165, 1.54) is 6.07 Å². The number of hydrogen-bond acceptors (Lipinski definition) is 5. The summed E-state index contributed by atoms with van der Waals surface area (Å²) in [6, 6.07) is 7.16. The maximum absolute atomic E-state index is 12.1. The van der Waals surface area contributed by atoms with Crippen LogP contribution in [-0.2, 0) is 11.3 Å². The van der Waals surface area contributed by atoms with Crippen LogP contribution in [0.2, 0.25) is 0 Å². The lowest BCUT2D eigenvalue weighted by atomic mass is 10.1. The molecule has 0 unspecified atom stereocenters. The Morgan fingerprint density at radius 1 is 1.15 bits per heavy atom. The van der Waals surface area contributed by atoms with Crippen LogP contribution >= 0.6 is 0 Å². The molecular weight excluding hydrogens is 332 g/mol. The number of amides is 1. The third-order valence-electron chi connectivity index (χ3n) is 4.45. The van der Waals surface area contributed by atoms with Gasteiger partial charge in [-0.2, -0.15) is 0 Å². The molecule has 1 amide bonds. The first kappa shape index (κ1) is 19.8. The van der Waals surface area contributed by atoms with Gasteiger partial charge in [0, 0.05) is 55.5 Å². The first-order valence-electron chi connectivity index (χ1n) is 9.19. The molecule has 0 bridgehead atoms. The van der Waals surface area contributed by atoms with Gasteiger partial charge in [-0.1, -0.05) is 13.3 Å². The van der Waals surface area contributed by atoms with E-state index in [0.29, 0.717) is 17.7 Å². The Hall–Kier alpha value is -2.50. The average molecular weight is 360 g/mol. The molecule has 0 saturated carbocycles. The van der Waals surface area contributed by atoms with Gasteiger partial charge in [0.2, 0.25) is 0 Å². The number of benzene rings is 1. The number of carbonyl (C=O) groups excluding carboxylic acids is 1. The van der Waals surface area contributed by atoms with Crippen molar-refractivity contribution in [3.63, 3.8) is 0 Å². The van der Waals surface area contributed by atoms with Gasteiger partial charge >= 0.3 is 11.7 Å². The zero-order chi connectivity index (χ0) is 19.1. The topological polar surface area (TPSA) is 63.0 Å². The molecule has 1 aromatic carbocycles. The number of unbranched alkanes of at least 4 members (excludes halogenated alkanes) is 1. The molecule has 6 nitrogen and oxygen atoms in total. The Kier molecular flexibility index (Phi) is 7.06. The lowest BCUT2D eigenvalue weighted by Gasteiger charge is -2.21. The predicted octanol–water partition coefficient (Wildman–Crippen LogP) is 4.01. The predicted molar refractivity (Wildman–Crippen MR) is 104 cm³/mol. The molecule has 6 heteroatoms. The van der Waals surface area contributed by atoms with E-state index in [1.54, 1.807) is 11.9 Å². The van der Waals surface area contributed by atoms with Gasteiger partial charge in [-0.3, -0.25) is 0 Å². The fourth-order valence-electron chi connectivity index (χ4n) is 2.86. The maximum Gasteiger partial charge on any atom is 0.409 e. The van der Waals surface area contributed by atoms with Crippen LogP contribution in [0.25, 0.3) is 11.0 Å². The van der Waals surface area contributed by atoms with Crippen LogP contribution in [0.4, 0.5) is 10.5 Å². The van der Waals surface area contributed by atoms with E-state index in [2.05, 4.69) is 25.7 Å². The first-order valence-corrected chi connectivity index (χ1v) is 9.19. The van der Waals surface area contributed by atoms with Gasteiger partial charge in [0.1, 0.15) is 12.2 Å². The third-order valence-corrected chi connectivity index (χ3v) is 4.45. The fraction of sp³-hybridized carbons (Fsp3) is 0.500. The molecule has 2 aromatic rings. The summed E-state index contributed by atoms with van der Waals surface area (Å²) in [5.41, 5.74) is 1.71. The normalized spacial score (nSPS) is 10.8. The molecule has 0 aliphatic carbocycles. The molecule has 0 fully saturated rings. The summed E-state index contributed by atoms with van der Waals surface area (Å²) in [6.07, 6.45) is 1.55. The van der Waals surface area contributed by atoms with Crippen molar-refractivity contribution in [3.8, 4) is 0 Å². The Morgan fingerprint density at radius 3 is 2.54 bits per heavy atom. The Labute approximate surface area is 154 Å². The summed E-state index contributed by atoms with van der Waals surface area (Å²) >= 11 is 0. The van der Waals surface area contributed by atoms with E-state index < -0.39 is 5.63 Å². The molecule has 26 heavy (non-hydrogen) atoms. The van der Waals surface area contributed by atoms with Gasteiger partial charge in [0.25, 0.3) is 0 Å². The smallest absolute Gasteiger partial charge is 0.409 e. The zero-order valence-corrected chi connectivity index (χ0v) is 16.1. The summed E-state index contributed by atoms with van der Waals surface area (Å²) in [7, 11) is 1.71. The Bertz CT molecular complexity index is 796. The number of ether oxygens (including phenoxy) is 1. The van der Waals surface area contributed by atoms with E-state index in [9.17, 15) is 9.59 Å². The molecule has 1 aromatic heterocycles. The number of nitrogens with zero attached hydrogens (tertiary/aromatic N) is 2. The molecular formula is C20H28N2O4. The van der Waals surface area contributed by atoms with E-state index in [1.807, 2.05) is 18.2 Å². The van der Waals surface area contributed by atoms with Gasteiger partial charge in [-0.05, 0) is 32.4 Å². The molecule has 1 heterocycles. The fourth-order valence-corrected chi connectivity index (χ4v) is 2.86. The average Bonchev–Trinajstić information content (AvgIpc) is 2.64. The largest absolute Gasteiger partial charge is 0.445 e. The highest BCUT2D eigenvalue weighted by Crippen LogP contribution is 2.24. The van der Waals surface area contributed by atoms with Crippen LogP contribution in [-0.4, -0.2) is 37.7 Å². The van der Waals surface area contributed by atoms with Crippen molar-refractivity contribution in [2.24, 2.45) is 0 Å². The molecule has 0 radical (unpaired) electrons. The van der Waals surface area contributed by atoms with Crippen molar-refractivity contribution in [1.29, 1.82) is 0 Å². The van der Waals surface area contributed by atoms with Crippen LogP contribution in [0.3, 0.4) is 0 Å². The van der Waals surface area contributed by atoms with Crippen LogP contribution in [0.1, 0.15) is 39.2 Å². The molecule has 0 aliphatic rings. The summed E-state index contributed by atoms with van der Waals surface area (Å²) in [5, 5.41) is 0.782. The minimum absolute atomic E-state index is 0.0437. The van der Waals surface area contributed by atoms with Crippen LogP contribution in [0.15, 0.2) is 33.5 Å². The van der Waals surface area contributed by atoms with E-state index in [0.717, 1.165) is 37.0 Å². The van der Waals surface area contributed by atoms with Gasteiger partial charge in [-0.15, -0.1) is 0 Å². The lowest BCUT2D eigenvalue weighted by Crippen LogP contribution is -2.28. The van der Waals surface area contributed by atoms with E-state index in [4.69, 9.17) is 9.15 Å². The summed E-state index contributed by atoms with van der Waals surface area (Å²) in [4.78, 5) is 27.7. The van der Waals surface area contributed by atoms with Crippen LogP contribution < -0.4 is 10.5 Å². The van der Waals surface area contributed by atoms with E-state index in [-0.39, 0.29) is 12.7 Å². The second-order valence-corrected chi connectivity index (χ2v) is 6.27. The van der Waals surface area contributed by atoms with E-state index >= 15 is 0 Å². The zero-order valence-electron chi connectivity index (χ0n) is 16.1.